The van der Waals surface area contributed by atoms with Gasteiger partial charge in [-0.1, -0.05) is 6.07 Å². The number of nitro groups is 1. The summed E-state index contributed by atoms with van der Waals surface area (Å²) in [5.41, 5.74) is 0.475. The molecule has 0 unspecified atom stereocenters. The summed E-state index contributed by atoms with van der Waals surface area (Å²) in [6.45, 7) is 1.96. The molecule has 2 aromatic carbocycles. The van der Waals surface area contributed by atoms with Crippen molar-refractivity contribution < 1.29 is 32.4 Å². The Labute approximate surface area is 211 Å². The molecule has 1 fully saturated rings. The molecule has 1 aliphatic rings. The number of sulfonamides is 1. The number of aryl methyl sites for hydroxylation is 1. The van der Waals surface area contributed by atoms with Crippen LogP contribution < -0.4 is 5.32 Å². The predicted molar refractivity (Wildman–Crippen MR) is 128 cm³/mol. The van der Waals surface area contributed by atoms with Crippen LogP contribution in [0.25, 0.3) is 0 Å². The van der Waals surface area contributed by atoms with Crippen LogP contribution in [0.1, 0.15) is 15.9 Å². The number of hydrogen-bond acceptors (Lipinski definition) is 8. The average Bonchev–Trinajstić information content (AvgIpc) is 2.80. The van der Waals surface area contributed by atoms with Gasteiger partial charge >= 0.3 is 5.97 Å². The highest BCUT2D eigenvalue weighted by atomic mass is 79.9. The van der Waals surface area contributed by atoms with E-state index >= 15 is 0 Å². The molecule has 182 valence electrons. The van der Waals surface area contributed by atoms with Gasteiger partial charge < -0.3 is 14.8 Å². The number of morpholine rings is 1. The largest absolute Gasteiger partial charge is 0.452 e. The Morgan fingerprint density at radius 1 is 1.18 bits per heavy atom. The van der Waals surface area contributed by atoms with E-state index in [0.29, 0.717) is 5.56 Å². The van der Waals surface area contributed by atoms with Crippen LogP contribution in [0, 0.1) is 17.0 Å². The number of esters is 1. The number of ether oxygens (including phenoxy) is 2. The lowest BCUT2D eigenvalue weighted by molar-refractivity contribution is -0.385. The normalized spacial score (nSPS) is 14.4. The van der Waals surface area contributed by atoms with Crippen LogP contribution in [0.2, 0.25) is 0 Å². The standard InChI is InChI=1S/C20H19Br2N3O8S/c1-12-2-3-13(8-17(12)34(30,31)24-4-6-32-7-5-24)20(27)33-11-18(26)23-19-15(21)9-14(25(28)29)10-16(19)22/h2-3,8-10H,4-7,11H2,1H3,(H,23,26). The number of carbonyl (C=O) groups is 2. The van der Waals surface area contributed by atoms with Crippen LogP contribution >= 0.6 is 31.9 Å². The Morgan fingerprint density at radius 3 is 2.38 bits per heavy atom. The number of non-ortho nitro benzene ring substituents is 1. The molecule has 1 heterocycles. The number of benzene rings is 2. The maximum Gasteiger partial charge on any atom is 0.338 e. The Morgan fingerprint density at radius 2 is 1.79 bits per heavy atom. The van der Waals surface area contributed by atoms with E-state index in [-0.39, 0.29) is 57.1 Å². The minimum absolute atomic E-state index is 0.0213. The highest BCUT2D eigenvalue weighted by molar-refractivity contribution is 9.11. The van der Waals surface area contributed by atoms with Gasteiger partial charge in [0.25, 0.3) is 11.6 Å². The van der Waals surface area contributed by atoms with Gasteiger partial charge in [-0.15, -0.1) is 0 Å². The summed E-state index contributed by atoms with van der Waals surface area (Å²) in [4.78, 5) is 35.1. The van der Waals surface area contributed by atoms with E-state index in [1.807, 2.05) is 0 Å². The Balaban J connectivity index is 1.69. The first-order chi connectivity index (χ1) is 16.0. The third-order valence-electron chi connectivity index (χ3n) is 4.85. The van der Waals surface area contributed by atoms with E-state index in [4.69, 9.17) is 9.47 Å². The summed E-state index contributed by atoms with van der Waals surface area (Å²) >= 11 is 6.30. The molecular formula is C20H19Br2N3O8S. The van der Waals surface area contributed by atoms with Crippen molar-refractivity contribution in [3.63, 3.8) is 0 Å². The smallest absolute Gasteiger partial charge is 0.338 e. The second-order valence-corrected chi connectivity index (χ2v) is 10.8. The van der Waals surface area contributed by atoms with Gasteiger partial charge in [-0.3, -0.25) is 14.9 Å². The molecule has 1 amide bonds. The number of nitrogens with one attached hydrogen (secondary N) is 1. The summed E-state index contributed by atoms with van der Waals surface area (Å²) < 4.78 is 38.0. The van der Waals surface area contributed by atoms with Gasteiger partial charge in [-0.05, 0) is 56.5 Å². The van der Waals surface area contributed by atoms with Crippen LogP contribution in [0.5, 0.6) is 0 Å². The van der Waals surface area contributed by atoms with Gasteiger partial charge in [0.2, 0.25) is 10.0 Å². The monoisotopic (exact) mass is 619 g/mol. The van der Waals surface area contributed by atoms with Crippen molar-refractivity contribution >= 4 is 65.1 Å². The van der Waals surface area contributed by atoms with E-state index < -0.39 is 33.4 Å². The van der Waals surface area contributed by atoms with E-state index in [1.165, 1.54) is 34.6 Å². The molecule has 14 heteroatoms. The highest BCUT2D eigenvalue weighted by Crippen LogP contribution is 2.35. The zero-order valence-electron chi connectivity index (χ0n) is 17.7. The third-order valence-corrected chi connectivity index (χ3v) is 8.14. The third kappa shape index (κ3) is 5.99. The summed E-state index contributed by atoms with van der Waals surface area (Å²) in [6.07, 6.45) is 0. The van der Waals surface area contributed by atoms with Gasteiger partial charge in [0.05, 0.1) is 34.3 Å². The highest BCUT2D eigenvalue weighted by Gasteiger charge is 2.28. The molecule has 0 atom stereocenters. The number of nitro benzene ring substituents is 1. The van der Waals surface area contributed by atoms with Crippen molar-refractivity contribution in [2.24, 2.45) is 0 Å². The quantitative estimate of drug-likeness (QED) is 0.282. The number of nitrogens with zero attached hydrogens (tertiary/aromatic N) is 2. The van der Waals surface area contributed by atoms with Crippen molar-refractivity contribution in [1.29, 1.82) is 0 Å². The van der Waals surface area contributed by atoms with Gasteiger partial charge in [0.1, 0.15) is 0 Å². The lowest BCUT2D eigenvalue weighted by Gasteiger charge is -2.26. The predicted octanol–water partition coefficient (Wildman–Crippen LogP) is 3.24. The van der Waals surface area contributed by atoms with Crippen LogP contribution in [0.15, 0.2) is 44.2 Å². The lowest BCUT2D eigenvalue weighted by Crippen LogP contribution is -2.40. The molecule has 3 rings (SSSR count). The van der Waals surface area contributed by atoms with Crippen molar-refractivity contribution in [2.75, 3.05) is 38.2 Å². The Kier molecular flexibility index (Phi) is 8.41. The summed E-state index contributed by atoms with van der Waals surface area (Å²) in [7, 11) is -3.83. The van der Waals surface area contributed by atoms with Crippen LogP contribution in [-0.4, -0.2) is 62.4 Å². The number of halogens is 2. The fourth-order valence-electron chi connectivity index (χ4n) is 3.11. The topological polar surface area (TPSA) is 145 Å². The molecule has 1 saturated heterocycles. The fraction of sp³-hybridized carbons (Fsp3) is 0.300. The van der Waals surface area contributed by atoms with Crippen LogP contribution in [0.3, 0.4) is 0 Å². The molecule has 0 saturated carbocycles. The van der Waals surface area contributed by atoms with E-state index in [1.54, 1.807) is 6.92 Å². The minimum Gasteiger partial charge on any atom is -0.452 e. The van der Waals surface area contributed by atoms with Gasteiger partial charge in [-0.2, -0.15) is 4.31 Å². The molecule has 2 aromatic rings. The maximum absolute atomic E-state index is 13.0. The second-order valence-electron chi connectivity index (χ2n) is 7.16. The molecule has 11 nitrogen and oxygen atoms in total. The minimum atomic E-state index is -3.83. The van der Waals surface area contributed by atoms with Crippen LogP contribution in [-0.2, 0) is 24.3 Å². The van der Waals surface area contributed by atoms with Gasteiger partial charge in [0, 0.05) is 34.2 Å². The number of carbonyl (C=O) groups excluding carboxylic acids is 2. The molecule has 0 aliphatic carbocycles. The maximum atomic E-state index is 13.0. The number of rotatable bonds is 7. The lowest BCUT2D eigenvalue weighted by atomic mass is 10.1. The van der Waals surface area contributed by atoms with Crippen molar-refractivity contribution in [1.82, 2.24) is 4.31 Å². The van der Waals surface area contributed by atoms with E-state index in [9.17, 15) is 28.1 Å². The average molecular weight is 621 g/mol. The molecule has 0 aromatic heterocycles. The van der Waals surface area contributed by atoms with Crippen molar-refractivity contribution in [3.05, 3.63) is 60.5 Å². The second kappa shape index (κ2) is 10.9. The molecule has 34 heavy (non-hydrogen) atoms. The first-order valence-electron chi connectivity index (χ1n) is 9.79. The summed E-state index contributed by atoms with van der Waals surface area (Å²) in [5.74, 6) is -1.58. The summed E-state index contributed by atoms with van der Waals surface area (Å²) in [5, 5.41) is 13.4. The summed E-state index contributed by atoms with van der Waals surface area (Å²) in [6, 6.07) is 6.57. The van der Waals surface area contributed by atoms with Gasteiger partial charge in [-0.25, -0.2) is 13.2 Å². The molecule has 0 bridgehead atoms. The Hall–Kier alpha value is -2.39. The molecule has 1 aliphatic heterocycles. The first kappa shape index (κ1) is 26.2. The SMILES string of the molecule is Cc1ccc(C(=O)OCC(=O)Nc2c(Br)cc([N+](=O)[O-])cc2Br)cc1S(=O)(=O)N1CCOCC1. The van der Waals surface area contributed by atoms with E-state index in [0.717, 1.165) is 0 Å². The molecule has 0 radical (unpaired) electrons. The number of anilines is 1. The first-order valence-corrected chi connectivity index (χ1v) is 12.8. The zero-order valence-corrected chi connectivity index (χ0v) is 21.7. The number of hydrogen-bond donors (Lipinski definition) is 1. The van der Waals surface area contributed by atoms with Crippen LogP contribution in [0.4, 0.5) is 11.4 Å². The van der Waals surface area contributed by atoms with E-state index in [2.05, 4.69) is 37.2 Å². The molecule has 1 N–H and O–H groups in total. The van der Waals surface area contributed by atoms with Crippen molar-refractivity contribution in [2.45, 2.75) is 11.8 Å². The van der Waals surface area contributed by atoms with Gasteiger partial charge in [0.15, 0.2) is 6.61 Å². The Bertz CT molecular complexity index is 1220. The molecular weight excluding hydrogens is 602 g/mol. The molecule has 0 spiro atoms. The van der Waals surface area contributed by atoms with Crippen molar-refractivity contribution in [3.8, 4) is 0 Å². The zero-order chi connectivity index (χ0) is 25.0. The fourth-order valence-corrected chi connectivity index (χ4v) is 6.12. The number of amides is 1.